The molecule has 21 heavy (non-hydrogen) atoms. The molecule has 0 fully saturated rings. The van der Waals surface area contributed by atoms with Gasteiger partial charge in [-0.1, -0.05) is 0 Å². The summed E-state index contributed by atoms with van der Waals surface area (Å²) in [5.41, 5.74) is 0.0230. The predicted octanol–water partition coefficient (Wildman–Crippen LogP) is 2.97. The molecule has 0 spiro atoms. The van der Waals surface area contributed by atoms with Crippen LogP contribution in [0.15, 0.2) is 22.8 Å². The van der Waals surface area contributed by atoms with E-state index in [1.165, 1.54) is 6.20 Å². The lowest BCUT2D eigenvalue weighted by molar-refractivity contribution is -0.142. The third-order valence-corrected chi connectivity index (χ3v) is 3.63. The number of alkyl halides is 3. The number of nitrogens with zero attached hydrogens (tertiary/aromatic N) is 3. The van der Waals surface area contributed by atoms with Crippen LogP contribution < -0.4 is 5.32 Å². The topological polar surface area (TPSA) is 50.7 Å². The van der Waals surface area contributed by atoms with Gasteiger partial charge in [0.2, 0.25) is 0 Å². The molecule has 110 valence electrons. The van der Waals surface area contributed by atoms with Crippen LogP contribution >= 0.6 is 15.9 Å². The van der Waals surface area contributed by atoms with Crippen molar-refractivity contribution in [1.29, 1.82) is 0 Å². The number of hydrogen-bond donors (Lipinski definition) is 1. The Kier molecular flexibility index (Phi) is 3.66. The Balaban J connectivity index is 2.16. The monoisotopic (exact) mass is 358 g/mol. The van der Waals surface area contributed by atoms with E-state index in [9.17, 15) is 13.2 Å². The van der Waals surface area contributed by atoms with Gasteiger partial charge in [0.1, 0.15) is 5.69 Å². The van der Waals surface area contributed by atoms with Gasteiger partial charge in [0.15, 0.2) is 11.5 Å². The maximum absolute atomic E-state index is 13.2. The lowest BCUT2D eigenvalue weighted by Crippen LogP contribution is -2.29. The summed E-state index contributed by atoms with van der Waals surface area (Å²) in [7, 11) is 0. The average molecular weight is 359 g/mol. The molecule has 0 bridgehead atoms. The molecule has 8 heteroatoms. The average Bonchev–Trinajstić information content (AvgIpc) is 2.46. The third-order valence-electron chi connectivity index (χ3n) is 3.16. The first-order chi connectivity index (χ1) is 9.95. The van der Waals surface area contributed by atoms with E-state index in [-0.39, 0.29) is 17.9 Å². The molecule has 0 unspecified atom stereocenters. The number of fused-ring (bicyclic) bond motifs is 1. The molecule has 1 aliphatic rings. The van der Waals surface area contributed by atoms with E-state index >= 15 is 0 Å². The van der Waals surface area contributed by atoms with Crippen LogP contribution in [0.1, 0.15) is 17.0 Å². The molecule has 0 aliphatic carbocycles. The zero-order valence-corrected chi connectivity index (χ0v) is 12.3. The van der Waals surface area contributed by atoms with Crippen molar-refractivity contribution in [3.63, 3.8) is 0 Å². The van der Waals surface area contributed by atoms with Crippen LogP contribution in [-0.2, 0) is 19.1 Å². The van der Waals surface area contributed by atoms with Crippen LogP contribution in [0.3, 0.4) is 0 Å². The lowest BCUT2D eigenvalue weighted by atomic mass is 10.0. The molecule has 3 heterocycles. The van der Waals surface area contributed by atoms with Gasteiger partial charge in [0.25, 0.3) is 0 Å². The van der Waals surface area contributed by atoms with Gasteiger partial charge in [0.05, 0.1) is 5.69 Å². The summed E-state index contributed by atoms with van der Waals surface area (Å²) >= 11 is 3.23. The molecule has 0 aromatic carbocycles. The largest absolute Gasteiger partial charge is 0.433 e. The molecule has 2 aromatic rings. The van der Waals surface area contributed by atoms with E-state index in [1.807, 2.05) is 0 Å². The van der Waals surface area contributed by atoms with Gasteiger partial charge in [-0.2, -0.15) is 13.2 Å². The summed E-state index contributed by atoms with van der Waals surface area (Å²) in [4.78, 5) is 12.0. The van der Waals surface area contributed by atoms with Crippen molar-refractivity contribution in [2.75, 3.05) is 6.54 Å². The van der Waals surface area contributed by atoms with Gasteiger partial charge in [-0.05, 0) is 28.1 Å². The molecular weight excluding hydrogens is 349 g/mol. The van der Waals surface area contributed by atoms with Crippen molar-refractivity contribution in [1.82, 2.24) is 20.3 Å². The SMILES string of the molecule is FC(F)(F)c1nc(-c2ccc(Br)cn2)nc2c1CNCC2. The smallest absolute Gasteiger partial charge is 0.312 e. The van der Waals surface area contributed by atoms with Crippen LogP contribution in [0.2, 0.25) is 0 Å². The summed E-state index contributed by atoms with van der Waals surface area (Å²) in [5, 5.41) is 2.92. The number of pyridine rings is 1. The first-order valence-electron chi connectivity index (χ1n) is 6.25. The highest BCUT2D eigenvalue weighted by Crippen LogP contribution is 2.33. The Morgan fingerprint density at radius 1 is 1.19 bits per heavy atom. The normalized spacial score (nSPS) is 14.9. The van der Waals surface area contributed by atoms with Crippen LogP contribution in [0.4, 0.5) is 13.2 Å². The van der Waals surface area contributed by atoms with E-state index in [1.54, 1.807) is 12.1 Å². The third kappa shape index (κ3) is 2.91. The molecule has 4 nitrogen and oxygen atoms in total. The van der Waals surface area contributed by atoms with Crippen molar-refractivity contribution in [3.05, 3.63) is 39.8 Å². The standard InChI is InChI=1S/C13H10BrF3N4/c14-7-1-2-10(19-5-7)12-20-9-3-4-18-6-8(9)11(21-12)13(15,16)17/h1-2,5,18H,3-4,6H2. The second-order valence-corrected chi connectivity index (χ2v) is 5.52. The minimum atomic E-state index is -4.50. The number of halogens is 4. The molecule has 0 saturated carbocycles. The Morgan fingerprint density at radius 3 is 2.67 bits per heavy atom. The van der Waals surface area contributed by atoms with E-state index in [2.05, 4.69) is 36.2 Å². The summed E-state index contributed by atoms with van der Waals surface area (Å²) < 4.78 is 40.3. The van der Waals surface area contributed by atoms with E-state index in [0.29, 0.717) is 24.4 Å². The number of nitrogens with one attached hydrogen (secondary N) is 1. The van der Waals surface area contributed by atoms with Crippen molar-refractivity contribution in [3.8, 4) is 11.5 Å². The second-order valence-electron chi connectivity index (χ2n) is 4.61. The fourth-order valence-corrected chi connectivity index (χ4v) is 2.43. The molecule has 1 N–H and O–H groups in total. The van der Waals surface area contributed by atoms with Gasteiger partial charge in [-0.15, -0.1) is 0 Å². The number of hydrogen-bond acceptors (Lipinski definition) is 4. The predicted molar refractivity (Wildman–Crippen MR) is 73.4 cm³/mol. The van der Waals surface area contributed by atoms with Crippen molar-refractivity contribution >= 4 is 15.9 Å². The number of aromatic nitrogens is 3. The van der Waals surface area contributed by atoms with Gasteiger partial charge >= 0.3 is 6.18 Å². The maximum Gasteiger partial charge on any atom is 0.433 e. The maximum atomic E-state index is 13.2. The Bertz CT molecular complexity index is 670. The highest BCUT2D eigenvalue weighted by Gasteiger charge is 2.38. The van der Waals surface area contributed by atoms with Gasteiger partial charge < -0.3 is 5.32 Å². The molecule has 3 rings (SSSR count). The minimum Gasteiger partial charge on any atom is -0.312 e. The van der Waals surface area contributed by atoms with E-state index in [0.717, 1.165) is 4.47 Å². The molecule has 0 radical (unpaired) electrons. The second kappa shape index (κ2) is 5.34. The van der Waals surface area contributed by atoms with Crippen molar-refractivity contribution < 1.29 is 13.2 Å². The van der Waals surface area contributed by atoms with E-state index in [4.69, 9.17) is 0 Å². The van der Waals surface area contributed by atoms with Crippen LogP contribution in [-0.4, -0.2) is 21.5 Å². The summed E-state index contributed by atoms with van der Waals surface area (Å²) in [5.74, 6) is 0.00970. The fraction of sp³-hybridized carbons (Fsp3) is 0.308. The Morgan fingerprint density at radius 2 is 2.00 bits per heavy atom. The summed E-state index contributed by atoms with van der Waals surface area (Å²) in [6.45, 7) is 0.743. The quantitative estimate of drug-likeness (QED) is 0.851. The Labute approximate surface area is 127 Å². The highest BCUT2D eigenvalue weighted by atomic mass is 79.9. The van der Waals surface area contributed by atoms with Crippen molar-refractivity contribution in [2.24, 2.45) is 0 Å². The molecule has 2 aromatic heterocycles. The molecular formula is C13H10BrF3N4. The first-order valence-corrected chi connectivity index (χ1v) is 7.04. The minimum absolute atomic E-state index is 0.00970. The zero-order valence-electron chi connectivity index (χ0n) is 10.7. The molecule has 0 amide bonds. The highest BCUT2D eigenvalue weighted by molar-refractivity contribution is 9.10. The summed E-state index contributed by atoms with van der Waals surface area (Å²) in [6.07, 6.45) is -2.55. The Hall–Kier alpha value is -1.54. The van der Waals surface area contributed by atoms with Crippen LogP contribution in [0, 0.1) is 0 Å². The fourth-order valence-electron chi connectivity index (χ4n) is 2.20. The molecule has 0 atom stereocenters. The first kappa shape index (κ1) is 14.4. The van der Waals surface area contributed by atoms with Crippen LogP contribution in [0.25, 0.3) is 11.5 Å². The van der Waals surface area contributed by atoms with Gasteiger partial charge in [0, 0.05) is 35.7 Å². The zero-order chi connectivity index (χ0) is 15.0. The van der Waals surface area contributed by atoms with E-state index < -0.39 is 11.9 Å². The van der Waals surface area contributed by atoms with Gasteiger partial charge in [-0.25, -0.2) is 9.97 Å². The van der Waals surface area contributed by atoms with Gasteiger partial charge in [-0.3, -0.25) is 4.98 Å². The summed E-state index contributed by atoms with van der Waals surface area (Å²) in [6, 6.07) is 3.28. The number of rotatable bonds is 1. The molecule has 1 aliphatic heterocycles. The van der Waals surface area contributed by atoms with Crippen LogP contribution in [0.5, 0.6) is 0 Å². The molecule has 0 saturated heterocycles. The van der Waals surface area contributed by atoms with Crippen molar-refractivity contribution in [2.45, 2.75) is 19.1 Å². The lowest BCUT2D eigenvalue weighted by Gasteiger charge is -2.21.